The predicted molar refractivity (Wildman–Crippen MR) is 64.8 cm³/mol. The third-order valence-corrected chi connectivity index (χ3v) is 3.87. The van der Waals surface area contributed by atoms with Crippen molar-refractivity contribution in [1.82, 2.24) is 9.80 Å². The first-order valence-corrected chi connectivity index (χ1v) is 6.48. The van der Waals surface area contributed by atoms with E-state index in [1.165, 1.54) is 25.7 Å². The van der Waals surface area contributed by atoms with Gasteiger partial charge in [-0.05, 0) is 12.8 Å². The highest BCUT2D eigenvalue weighted by atomic mass is 16.3. The number of nitrogens with one attached hydrogen (secondary N) is 1. The Hall–Kier alpha value is -0.610. The summed E-state index contributed by atoms with van der Waals surface area (Å²) in [6.45, 7) is 4.96. The van der Waals surface area contributed by atoms with Gasteiger partial charge in [-0.15, -0.1) is 0 Å². The van der Waals surface area contributed by atoms with Crippen LogP contribution in [-0.4, -0.2) is 60.1 Å². The van der Waals surface area contributed by atoms with Crippen LogP contribution >= 0.6 is 0 Å². The second-order valence-corrected chi connectivity index (χ2v) is 4.92. The molecule has 2 fully saturated rings. The lowest BCUT2D eigenvalue weighted by Crippen LogP contribution is -2.50. The summed E-state index contributed by atoms with van der Waals surface area (Å²) in [5.74, 6) is 1.41. The van der Waals surface area contributed by atoms with Crippen molar-refractivity contribution in [3.05, 3.63) is 0 Å². The third-order valence-electron chi connectivity index (χ3n) is 3.87. The van der Waals surface area contributed by atoms with E-state index in [4.69, 9.17) is 10.5 Å². The standard InChI is InChI=1S/C12H23N3O/c13-12(11-3-1-2-4-11)15-7-5-14(6-8-15)9-10-16/h11,13,16H,1-10H2. The number of rotatable bonds is 3. The molecule has 0 unspecified atom stereocenters. The molecule has 1 heterocycles. The van der Waals surface area contributed by atoms with Gasteiger partial charge in [0.1, 0.15) is 0 Å². The number of nitrogens with zero attached hydrogens (tertiary/aromatic N) is 2. The molecule has 1 aliphatic heterocycles. The van der Waals surface area contributed by atoms with Crippen molar-refractivity contribution in [2.75, 3.05) is 39.3 Å². The van der Waals surface area contributed by atoms with Crippen LogP contribution < -0.4 is 0 Å². The molecule has 4 nitrogen and oxygen atoms in total. The number of hydrogen-bond acceptors (Lipinski definition) is 3. The molecule has 92 valence electrons. The normalized spacial score (nSPS) is 23.9. The van der Waals surface area contributed by atoms with Gasteiger partial charge in [0.2, 0.25) is 0 Å². The van der Waals surface area contributed by atoms with Crippen LogP contribution in [0.3, 0.4) is 0 Å². The number of aliphatic hydroxyl groups excluding tert-OH is 1. The van der Waals surface area contributed by atoms with E-state index >= 15 is 0 Å². The molecule has 16 heavy (non-hydrogen) atoms. The zero-order valence-corrected chi connectivity index (χ0v) is 9.99. The summed E-state index contributed by atoms with van der Waals surface area (Å²) < 4.78 is 0. The van der Waals surface area contributed by atoms with E-state index in [1.807, 2.05) is 0 Å². The first kappa shape index (κ1) is 11.9. The fourth-order valence-corrected chi connectivity index (χ4v) is 2.81. The zero-order chi connectivity index (χ0) is 11.4. The van der Waals surface area contributed by atoms with Crippen molar-refractivity contribution >= 4 is 5.84 Å². The van der Waals surface area contributed by atoms with Crippen LogP contribution in [0, 0.1) is 11.3 Å². The molecule has 0 aromatic carbocycles. The Labute approximate surface area is 97.7 Å². The topological polar surface area (TPSA) is 50.6 Å². The summed E-state index contributed by atoms with van der Waals surface area (Å²) in [6.07, 6.45) is 5.04. The highest BCUT2D eigenvalue weighted by Crippen LogP contribution is 2.27. The lowest BCUT2D eigenvalue weighted by atomic mass is 10.1. The van der Waals surface area contributed by atoms with Crippen molar-refractivity contribution in [2.24, 2.45) is 5.92 Å². The van der Waals surface area contributed by atoms with E-state index in [1.54, 1.807) is 0 Å². The van der Waals surface area contributed by atoms with E-state index in [0.29, 0.717) is 5.92 Å². The zero-order valence-electron chi connectivity index (χ0n) is 9.99. The minimum atomic E-state index is 0.250. The third kappa shape index (κ3) is 2.74. The molecule has 0 aromatic heterocycles. The second-order valence-electron chi connectivity index (χ2n) is 4.92. The average molecular weight is 225 g/mol. The smallest absolute Gasteiger partial charge is 0.0990 e. The number of piperazine rings is 1. The first-order valence-electron chi connectivity index (χ1n) is 6.48. The highest BCUT2D eigenvalue weighted by Gasteiger charge is 2.26. The summed E-state index contributed by atoms with van der Waals surface area (Å²) in [5.41, 5.74) is 0. The molecule has 1 aliphatic carbocycles. The fourth-order valence-electron chi connectivity index (χ4n) is 2.81. The van der Waals surface area contributed by atoms with Gasteiger partial charge in [-0.2, -0.15) is 0 Å². The molecule has 0 radical (unpaired) electrons. The van der Waals surface area contributed by atoms with Crippen molar-refractivity contribution in [3.8, 4) is 0 Å². The van der Waals surface area contributed by atoms with E-state index in [9.17, 15) is 0 Å². The van der Waals surface area contributed by atoms with E-state index in [0.717, 1.165) is 38.6 Å². The van der Waals surface area contributed by atoms with E-state index < -0.39 is 0 Å². The number of aliphatic hydroxyl groups is 1. The molecule has 4 heteroatoms. The molecule has 1 saturated carbocycles. The van der Waals surface area contributed by atoms with Gasteiger partial charge in [-0.25, -0.2) is 0 Å². The molecular formula is C12H23N3O. The molecule has 1 saturated heterocycles. The summed E-state index contributed by atoms with van der Waals surface area (Å²) in [5, 5.41) is 17.1. The van der Waals surface area contributed by atoms with Gasteiger partial charge in [0.25, 0.3) is 0 Å². The number of amidine groups is 1. The first-order chi connectivity index (χ1) is 7.81. The Balaban J connectivity index is 1.77. The van der Waals surface area contributed by atoms with Gasteiger partial charge in [-0.3, -0.25) is 10.3 Å². The molecule has 2 rings (SSSR count). The summed E-state index contributed by atoms with van der Waals surface area (Å²) in [4.78, 5) is 4.52. The maximum absolute atomic E-state index is 8.87. The van der Waals surface area contributed by atoms with Crippen LogP contribution in [0.15, 0.2) is 0 Å². The largest absolute Gasteiger partial charge is 0.395 e. The summed E-state index contributed by atoms with van der Waals surface area (Å²) in [7, 11) is 0. The number of β-amino-alcohol motifs (C(OH)–C–C–N with tert-alkyl or cyclic N) is 1. The van der Waals surface area contributed by atoms with Crippen molar-refractivity contribution < 1.29 is 5.11 Å². The highest BCUT2D eigenvalue weighted by molar-refractivity contribution is 5.82. The van der Waals surface area contributed by atoms with Crippen molar-refractivity contribution in [2.45, 2.75) is 25.7 Å². The minimum Gasteiger partial charge on any atom is -0.395 e. The lowest BCUT2D eigenvalue weighted by Gasteiger charge is -2.37. The maximum atomic E-state index is 8.87. The Bertz CT molecular complexity index is 230. The van der Waals surface area contributed by atoms with Crippen LogP contribution in [0.4, 0.5) is 0 Å². The molecule has 0 bridgehead atoms. The molecule has 0 atom stereocenters. The summed E-state index contributed by atoms with van der Waals surface area (Å²) in [6, 6.07) is 0. The molecule has 2 aliphatic rings. The SMILES string of the molecule is N=C(C1CCCC1)N1CCN(CCO)CC1. The van der Waals surface area contributed by atoms with Crippen LogP contribution in [-0.2, 0) is 0 Å². The monoisotopic (exact) mass is 225 g/mol. The maximum Gasteiger partial charge on any atom is 0.0990 e. The minimum absolute atomic E-state index is 0.250. The van der Waals surface area contributed by atoms with Gasteiger partial charge >= 0.3 is 0 Å². The lowest BCUT2D eigenvalue weighted by molar-refractivity contribution is 0.144. The van der Waals surface area contributed by atoms with Gasteiger partial charge in [0, 0.05) is 38.6 Å². The Morgan fingerprint density at radius 2 is 1.75 bits per heavy atom. The van der Waals surface area contributed by atoms with Crippen LogP contribution in [0.25, 0.3) is 0 Å². The Morgan fingerprint density at radius 1 is 1.12 bits per heavy atom. The van der Waals surface area contributed by atoms with Crippen LogP contribution in [0.5, 0.6) is 0 Å². The predicted octanol–water partition coefficient (Wildman–Crippen LogP) is 0.764. The van der Waals surface area contributed by atoms with Gasteiger partial charge in [0.15, 0.2) is 0 Å². The quantitative estimate of drug-likeness (QED) is 0.551. The van der Waals surface area contributed by atoms with Gasteiger partial charge in [0.05, 0.1) is 12.4 Å². The van der Waals surface area contributed by atoms with Crippen molar-refractivity contribution in [1.29, 1.82) is 5.41 Å². The van der Waals surface area contributed by atoms with E-state index in [2.05, 4.69) is 9.80 Å². The van der Waals surface area contributed by atoms with Gasteiger partial charge in [-0.1, -0.05) is 12.8 Å². The van der Waals surface area contributed by atoms with Crippen LogP contribution in [0.1, 0.15) is 25.7 Å². The van der Waals surface area contributed by atoms with E-state index in [-0.39, 0.29) is 6.61 Å². The fraction of sp³-hybridized carbons (Fsp3) is 0.917. The summed E-state index contributed by atoms with van der Waals surface area (Å²) >= 11 is 0. The molecule has 0 aromatic rings. The molecule has 2 N–H and O–H groups in total. The average Bonchev–Trinajstić information content (AvgIpc) is 2.83. The Kier molecular flexibility index (Phi) is 4.18. The molecule has 0 amide bonds. The second kappa shape index (κ2) is 5.64. The number of hydrogen-bond donors (Lipinski definition) is 2. The van der Waals surface area contributed by atoms with Crippen molar-refractivity contribution in [3.63, 3.8) is 0 Å². The molecule has 0 spiro atoms. The van der Waals surface area contributed by atoms with Crippen LogP contribution in [0.2, 0.25) is 0 Å². The molecular weight excluding hydrogens is 202 g/mol. The van der Waals surface area contributed by atoms with Gasteiger partial charge < -0.3 is 10.0 Å². The Morgan fingerprint density at radius 3 is 2.31 bits per heavy atom.